The quantitative estimate of drug-likeness (QED) is 0.796. The summed E-state index contributed by atoms with van der Waals surface area (Å²) in [5, 5.41) is 3.41. The maximum atomic E-state index is 14.0. The van der Waals surface area contributed by atoms with Gasteiger partial charge in [-0.3, -0.25) is 0 Å². The van der Waals surface area contributed by atoms with Crippen LogP contribution >= 0.6 is 11.6 Å². The monoisotopic (exact) mass is 243 g/mol. The Kier molecular flexibility index (Phi) is 3.56. The van der Waals surface area contributed by atoms with E-state index < -0.39 is 11.6 Å². The Hall–Kier alpha value is -0.930. The predicted molar refractivity (Wildman–Crippen MR) is 61.5 cm³/mol. The van der Waals surface area contributed by atoms with Crippen molar-refractivity contribution in [2.24, 2.45) is 0 Å². The van der Waals surface area contributed by atoms with Crippen LogP contribution < -0.4 is 5.32 Å². The minimum Gasteiger partial charge on any atom is -0.316 e. The Morgan fingerprint density at radius 3 is 2.56 bits per heavy atom. The normalized spacial score (nSPS) is 16.3. The summed E-state index contributed by atoms with van der Waals surface area (Å²) in [7, 11) is 0. The summed E-state index contributed by atoms with van der Waals surface area (Å²) in [5.41, 5.74) is 0.696. The second kappa shape index (κ2) is 4.93. The molecule has 0 atom stereocenters. The summed E-state index contributed by atoms with van der Waals surface area (Å²) in [6.45, 7) is 1.50. The average molecular weight is 244 g/mol. The highest BCUT2D eigenvalue weighted by molar-refractivity contribution is 6.30. The van der Waals surface area contributed by atoms with Crippen molar-refractivity contribution in [3.05, 3.63) is 40.2 Å². The Balaban J connectivity index is 2.35. The molecule has 1 fully saturated rings. The highest BCUT2D eigenvalue weighted by atomic mass is 35.5. The molecule has 1 N–H and O–H groups in total. The van der Waals surface area contributed by atoms with E-state index in [1.54, 1.807) is 0 Å². The third-order valence-corrected chi connectivity index (χ3v) is 2.92. The average Bonchev–Trinajstić information content (AvgIpc) is 2.29. The third-order valence-electron chi connectivity index (χ3n) is 2.69. The van der Waals surface area contributed by atoms with Crippen molar-refractivity contribution in [3.8, 4) is 0 Å². The number of hydrogen-bond acceptors (Lipinski definition) is 1. The van der Waals surface area contributed by atoms with Crippen LogP contribution in [0, 0.1) is 5.82 Å². The van der Waals surface area contributed by atoms with Gasteiger partial charge in [-0.25, -0.2) is 8.78 Å². The molecule has 0 aromatic heterocycles. The molecular weight excluding hydrogens is 232 g/mol. The zero-order valence-corrected chi connectivity index (χ0v) is 9.45. The molecule has 0 amide bonds. The van der Waals surface area contributed by atoms with Gasteiger partial charge in [-0.05, 0) is 49.7 Å². The van der Waals surface area contributed by atoms with Gasteiger partial charge in [-0.2, -0.15) is 0 Å². The molecule has 0 radical (unpaired) electrons. The molecule has 16 heavy (non-hydrogen) atoms. The van der Waals surface area contributed by atoms with E-state index >= 15 is 0 Å². The Morgan fingerprint density at radius 1 is 1.25 bits per heavy atom. The Morgan fingerprint density at radius 2 is 1.94 bits per heavy atom. The molecule has 0 unspecified atom stereocenters. The smallest absolute Gasteiger partial charge is 0.134 e. The summed E-state index contributed by atoms with van der Waals surface area (Å²) in [6, 6.07) is 4.03. The van der Waals surface area contributed by atoms with Crippen molar-refractivity contribution in [1.29, 1.82) is 0 Å². The van der Waals surface area contributed by atoms with Crippen molar-refractivity contribution in [3.63, 3.8) is 0 Å². The standard InChI is InChI=1S/C12H12ClF2N/c13-9-1-2-10(11(14)7-9)12(15)8-3-5-16-6-4-8/h1-2,7,16H,3-6H2. The molecule has 2 rings (SSSR count). The lowest BCUT2D eigenvalue weighted by Crippen LogP contribution is -2.23. The van der Waals surface area contributed by atoms with Crippen LogP contribution in [0.2, 0.25) is 5.02 Å². The first-order valence-electron chi connectivity index (χ1n) is 5.22. The fourth-order valence-electron chi connectivity index (χ4n) is 1.81. The van der Waals surface area contributed by atoms with E-state index in [9.17, 15) is 8.78 Å². The number of piperidine rings is 1. The first kappa shape index (κ1) is 11.6. The molecule has 0 spiro atoms. The summed E-state index contributed by atoms with van der Waals surface area (Å²) < 4.78 is 27.5. The van der Waals surface area contributed by atoms with E-state index in [0.29, 0.717) is 18.4 Å². The van der Waals surface area contributed by atoms with E-state index in [1.807, 2.05) is 0 Å². The molecule has 1 aromatic carbocycles. The van der Waals surface area contributed by atoms with E-state index in [0.717, 1.165) is 19.2 Å². The van der Waals surface area contributed by atoms with Gasteiger partial charge in [-0.1, -0.05) is 11.6 Å². The van der Waals surface area contributed by atoms with Gasteiger partial charge in [-0.15, -0.1) is 0 Å². The minimum absolute atomic E-state index is 0.0151. The molecule has 0 saturated carbocycles. The van der Waals surface area contributed by atoms with E-state index in [1.165, 1.54) is 12.1 Å². The van der Waals surface area contributed by atoms with Gasteiger partial charge in [0.25, 0.3) is 0 Å². The molecule has 1 heterocycles. The van der Waals surface area contributed by atoms with Gasteiger partial charge in [0.05, 0.1) is 0 Å². The van der Waals surface area contributed by atoms with Gasteiger partial charge < -0.3 is 5.32 Å². The number of benzene rings is 1. The number of halogens is 3. The first-order valence-corrected chi connectivity index (χ1v) is 5.60. The van der Waals surface area contributed by atoms with Crippen molar-refractivity contribution >= 4 is 17.4 Å². The van der Waals surface area contributed by atoms with Crippen LogP contribution in [0.25, 0.3) is 5.83 Å². The maximum absolute atomic E-state index is 14.0. The predicted octanol–water partition coefficient (Wildman–Crippen LogP) is 3.54. The third kappa shape index (κ3) is 2.42. The lowest BCUT2D eigenvalue weighted by molar-refractivity contribution is 0.586. The van der Waals surface area contributed by atoms with Gasteiger partial charge in [0, 0.05) is 10.6 Å². The molecule has 0 bridgehead atoms. The van der Waals surface area contributed by atoms with E-state index in [4.69, 9.17) is 11.6 Å². The zero-order chi connectivity index (χ0) is 11.5. The summed E-state index contributed by atoms with van der Waals surface area (Å²) in [5.74, 6) is -1.04. The van der Waals surface area contributed by atoms with Gasteiger partial charge in [0.15, 0.2) is 0 Å². The van der Waals surface area contributed by atoms with Crippen LogP contribution in [-0.2, 0) is 0 Å². The SMILES string of the molecule is FC(=C1CCNCC1)c1ccc(Cl)cc1F. The van der Waals surface area contributed by atoms with Gasteiger partial charge >= 0.3 is 0 Å². The lowest BCUT2D eigenvalue weighted by atomic mass is 10.0. The van der Waals surface area contributed by atoms with Gasteiger partial charge in [0.1, 0.15) is 11.6 Å². The second-order valence-electron chi connectivity index (χ2n) is 3.79. The molecule has 1 saturated heterocycles. The summed E-state index contributed by atoms with van der Waals surface area (Å²) in [6.07, 6.45) is 1.27. The van der Waals surface area contributed by atoms with Crippen LogP contribution in [0.1, 0.15) is 18.4 Å². The molecule has 86 valence electrons. The van der Waals surface area contributed by atoms with Crippen molar-refractivity contribution < 1.29 is 8.78 Å². The first-order chi connectivity index (χ1) is 7.68. The fourth-order valence-corrected chi connectivity index (χ4v) is 1.96. The lowest BCUT2D eigenvalue weighted by Gasteiger charge is -2.16. The second-order valence-corrected chi connectivity index (χ2v) is 4.23. The number of nitrogens with one attached hydrogen (secondary N) is 1. The zero-order valence-electron chi connectivity index (χ0n) is 8.69. The van der Waals surface area contributed by atoms with Crippen LogP contribution in [0.4, 0.5) is 8.78 Å². The van der Waals surface area contributed by atoms with Crippen LogP contribution in [-0.4, -0.2) is 13.1 Å². The fraction of sp³-hybridized carbons (Fsp3) is 0.333. The summed E-state index contributed by atoms with van der Waals surface area (Å²) >= 11 is 5.62. The molecule has 4 heteroatoms. The summed E-state index contributed by atoms with van der Waals surface area (Å²) in [4.78, 5) is 0. The largest absolute Gasteiger partial charge is 0.316 e. The van der Waals surface area contributed by atoms with Crippen molar-refractivity contribution in [2.45, 2.75) is 12.8 Å². The van der Waals surface area contributed by atoms with Crippen molar-refractivity contribution in [2.75, 3.05) is 13.1 Å². The Bertz CT molecular complexity index is 421. The highest BCUT2D eigenvalue weighted by Gasteiger charge is 2.15. The maximum Gasteiger partial charge on any atom is 0.134 e. The molecule has 1 nitrogen and oxygen atoms in total. The van der Waals surface area contributed by atoms with Crippen LogP contribution in [0.15, 0.2) is 23.8 Å². The molecule has 1 aliphatic rings. The number of rotatable bonds is 1. The minimum atomic E-state index is -0.601. The van der Waals surface area contributed by atoms with E-state index in [2.05, 4.69) is 5.32 Å². The molecule has 1 aromatic rings. The number of hydrogen-bond donors (Lipinski definition) is 1. The van der Waals surface area contributed by atoms with Gasteiger partial charge in [0.2, 0.25) is 0 Å². The molecule has 1 aliphatic heterocycles. The van der Waals surface area contributed by atoms with E-state index in [-0.39, 0.29) is 10.6 Å². The van der Waals surface area contributed by atoms with Crippen LogP contribution in [0.5, 0.6) is 0 Å². The topological polar surface area (TPSA) is 12.0 Å². The molecule has 0 aliphatic carbocycles. The Labute approximate surface area is 98.1 Å². The van der Waals surface area contributed by atoms with Crippen molar-refractivity contribution in [1.82, 2.24) is 5.32 Å². The molecular formula is C12H12ClF2N. The van der Waals surface area contributed by atoms with Crippen LogP contribution in [0.3, 0.4) is 0 Å². The highest BCUT2D eigenvalue weighted by Crippen LogP contribution is 2.28.